The third-order valence-corrected chi connectivity index (χ3v) is 5.61. The fourth-order valence-corrected chi connectivity index (χ4v) is 4.20. The molecule has 0 aliphatic carbocycles. The molecule has 1 saturated heterocycles. The van der Waals surface area contributed by atoms with Gasteiger partial charge in [0.15, 0.2) is 0 Å². The van der Waals surface area contributed by atoms with Crippen LogP contribution in [0.25, 0.3) is 21.9 Å². The van der Waals surface area contributed by atoms with Crippen LogP contribution in [0.15, 0.2) is 53.3 Å². The fourth-order valence-electron chi connectivity index (χ4n) is 4.20. The number of nitrogens with zero attached hydrogens (tertiary/aromatic N) is 4. The summed E-state index contributed by atoms with van der Waals surface area (Å²) >= 11 is 0. The molecule has 5 rings (SSSR count). The van der Waals surface area contributed by atoms with Gasteiger partial charge in [0.1, 0.15) is 5.82 Å². The molecule has 1 unspecified atom stereocenters. The van der Waals surface area contributed by atoms with Crippen molar-refractivity contribution in [3.05, 3.63) is 64.7 Å². The number of aromatic amines is 1. The molecular weight excluding hydrogens is 366 g/mol. The van der Waals surface area contributed by atoms with Crippen molar-refractivity contribution < 1.29 is 4.74 Å². The summed E-state index contributed by atoms with van der Waals surface area (Å²) in [7, 11) is 1.65. The summed E-state index contributed by atoms with van der Waals surface area (Å²) in [5.41, 5.74) is 2.67. The van der Waals surface area contributed by atoms with E-state index in [0.29, 0.717) is 18.5 Å². The maximum Gasteiger partial charge on any atom is 0.261 e. The predicted octanol–water partition coefficient (Wildman–Crippen LogP) is 3.26. The van der Waals surface area contributed by atoms with Crippen molar-refractivity contribution in [3.63, 3.8) is 0 Å². The molecule has 0 saturated carbocycles. The standard InChI is InChI=1S/C22H23N5O2/c1-29-14-13-27-20(23-16-8-3-2-7-15(16)21(27)28)19-11-6-12-26(19)22-24-17-9-4-5-10-18(17)25-22/h2-5,7-10,19H,6,11-14H2,1H3,(H,24,25). The van der Waals surface area contributed by atoms with Gasteiger partial charge in [0.25, 0.3) is 5.56 Å². The van der Waals surface area contributed by atoms with Crippen LogP contribution in [0.1, 0.15) is 24.7 Å². The molecule has 2 aromatic heterocycles. The molecule has 1 aliphatic rings. The van der Waals surface area contributed by atoms with Gasteiger partial charge in [-0.15, -0.1) is 0 Å². The molecule has 4 aromatic rings. The van der Waals surface area contributed by atoms with Crippen LogP contribution in [0.2, 0.25) is 0 Å². The molecule has 0 spiro atoms. The first kappa shape index (κ1) is 17.9. The zero-order chi connectivity index (χ0) is 19.8. The monoisotopic (exact) mass is 389 g/mol. The topological polar surface area (TPSA) is 76.0 Å². The van der Waals surface area contributed by atoms with E-state index in [-0.39, 0.29) is 11.6 Å². The van der Waals surface area contributed by atoms with Gasteiger partial charge in [0.05, 0.1) is 41.1 Å². The number of hydrogen-bond donors (Lipinski definition) is 1. The Hall–Kier alpha value is -3.19. The minimum atomic E-state index is -0.0147. The normalized spacial score (nSPS) is 16.9. The minimum Gasteiger partial charge on any atom is -0.383 e. The molecule has 7 nitrogen and oxygen atoms in total. The van der Waals surface area contributed by atoms with Crippen molar-refractivity contribution in [1.29, 1.82) is 0 Å². The second kappa shape index (κ2) is 7.33. The maximum atomic E-state index is 13.2. The first-order valence-corrected chi connectivity index (χ1v) is 9.96. The Balaban J connectivity index is 1.63. The van der Waals surface area contributed by atoms with Gasteiger partial charge in [0.2, 0.25) is 5.95 Å². The van der Waals surface area contributed by atoms with E-state index in [2.05, 4.69) is 9.88 Å². The van der Waals surface area contributed by atoms with Gasteiger partial charge in [-0.05, 0) is 37.1 Å². The van der Waals surface area contributed by atoms with Crippen molar-refractivity contribution >= 4 is 27.9 Å². The molecule has 1 aliphatic heterocycles. The lowest BCUT2D eigenvalue weighted by atomic mass is 10.1. The van der Waals surface area contributed by atoms with E-state index in [1.54, 1.807) is 11.7 Å². The first-order chi connectivity index (χ1) is 14.3. The number of imidazole rings is 1. The van der Waals surface area contributed by atoms with E-state index in [9.17, 15) is 4.79 Å². The van der Waals surface area contributed by atoms with Gasteiger partial charge >= 0.3 is 0 Å². The van der Waals surface area contributed by atoms with Crippen molar-refractivity contribution in [2.75, 3.05) is 25.2 Å². The third-order valence-electron chi connectivity index (χ3n) is 5.61. The van der Waals surface area contributed by atoms with Gasteiger partial charge in [-0.1, -0.05) is 24.3 Å². The number of ether oxygens (including phenoxy) is 1. The molecule has 7 heteroatoms. The van der Waals surface area contributed by atoms with Gasteiger partial charge in [-0.25, -0.2) is 9.97 Å². The van der Waals surface area contributed by atoms with E-state index in [4.69, 9.17) is 14.7 Å². The number of fused-ring (bicyclic) bond motifs is 2. The Labute approximate surface area is 168 Å². The Kier molecular flexibility index (Phi) is 4.52. The Morgan fingerprint density at radius 2 is 1.90 bits per heavy atom. The summed E-state index contributed by atoms with van der Waals surface area (Å²) < 4.78 is 7.04. The Morgan fingerprint density at radius 1 is 1.10 bits per heavy atom. The number of benzene rings is 2. The van der Waals surface area contributed by atoms with Crippen LogP contribution < -0.4 is 10.5 Å². The highest BCUT2D eigenvalue weighted by molar-refractivity contribution is 5.78. The number of H-pyrrole nitrogens is 1. The molecule has 2 aromatic carbocycles. The largest absolute Gasteiger partial charge is 0.383 e. The minimum absolute atomic E-state index is 0.00951. The average Bonchev–Trinajstić information content (AvgIpc) is 3.39. The quantitative estimate of drug-likeness (QED) is 0.567. The number of nitrogens with one attached hydrogen (secondary N) is 1. The summed E-state index contributed by atoms with van der Waals surface area (Å²) in [6, 6.07) is 15.5. The van der Waals surface area contributed by atoms with Crippen LogP contribution in [-0.4, -0.2) is 39.8 Å². The SMILES string of the molecule is COCCn1c(C2CCCN2c2nc3ccccc3[nH]2)nc2ccccc2c1=O. The number of para-hydroxylation sites is 3. The maximum absolute atomic E-state index is 13.2. The van der Waals surface area contributed by atoms with E-state index in [1.807, 2.05) is 48.5 Å². The number of hydrogen-bond acceptors (Lipinski definition) is 5. The van der Waals surface area contributed by atoms with Crippen LogP contribution >= 0.6 is 0 Å². The molecular formula is C22H23N5O2. The van der Waals surface area contributed by atoms with Crippen molar-refractivity contribution in [3.8, 4) is 0 Å². The molecule has 1 N–H and O–H groups in total. The summed E-state index contributed by atoms with van der Waals surface area (Å²) in [6.07, 6.45) is 1.95. The second-order valence-electron chi connectivity index (χ2n) is 7.37. The molecule has 1 fully saturated rings. The fraction of sp³-hybridized carbons (Fsp3) is 0.318. The van der Waals surface area contributed by atoms with E-state index >= 15 is 0 Å². The number of anilines is 1. The summed E-state index contributed by atoms with van der Waals surface area (Å²) in [5.74, 6) is 1.61. The van der Waals surface area contributed by atoms with Gasteiger partial charge in [-0.2, -0.15) is 0 Å². The summed E-state index contributed by atoms with van der Waals surface area (Å²) in [4.78, 5) is 28.6. The van der Waals surface area contributed by atoms with Crippen molar-refractivity contribution in [2.24, 2.45) is 0 Å². The van der Waals surface area contributed by atoms with Crippen molar-refractivity contribution in [2.45, 2.75) is 25.4 Å². The van der Waals surface area contributed by atoms with Crippen molar-refractivity contribution in [1.82, 2.24) is 19.5 Å². The first-order valence-electron chi connectivity index (χ1n) is 9.96. The molecule has 0 amide bonds. The number of rotatable bonds is 5. The molecule has 0 radical (unpaired) electrons. The van der Waals surface area contributed by atoms with E-state index in [0.717, 1.165) is 47.7 Å². The third kappa shape index (κ3) is 3.07. The second-order valence-corrected chi connectivity index (χ2v) is 7.37. The Morgan fingerprint density at radius 3 is 2.72 bits per heavy atom. The lowest BCUT2D eigenvalue weighted by Crippen LogP contribution is -2.33. The van der Waals surface area contributed by atoms with Crippen LogP contribution in [0.3, 0.4) is 0 Å². The number of aromatic nitrogens is 4. The van der Waals surface area contributed by atoms with Gasteiger partial charge in [0, 0.05) is 13.7 Å². The number of methoxy groups -OCH3 is 1. The van der Waals surface area contributed by atoms with Crippen LogP contribution in [0.4, 0.5) is 5.95 Å². The van der Waals surface area contributed by atoms with Gasteiger partial charge in [-0.3, -0.25) is 9.36 Å². The Bertz CT molecular complexity index is 1200. The zero-order valence-electron chi connectivity index (χ0n) is 16.3. The lowest BCUT2D eigenvalue weighted by Gasteiger charge is -2.26. The highest BCUT2D eigenvalue weighted by Crippen LogP contribution is 2.34. The summed E-state index contributed by atoms with van der Waals surface area (Å²) in [6.45, 7) is 1.81. The zero-order valence-corrected chi connectivity index (χ0v) is 16.3. The van der Waals surface area contributed by atoms with Crippen LogP contribution in [-0.2, 0) is 11.3 Å². The molecule has 1 atom stereocenters. The molecule has 148 valence electrons. The predicted molar refractivity (Wildman–Crippen MR) is 113 cm³/mol. The smallest absolute Gasteiger partial charge is 0.261 e. The summed E-state index contributed by atoms with van der Waals surface area (Å²) in [5, 5.41) is 0.639. The van der Waals surface area contributed by atoms with Crippen LogP contribution in [0, 0.1) is 0 Å². The highest BCUT2D eigenvalue weighted by atomic mass is 16.5. The average molecular weight is 389 g/mol. The molecule has 0 bridgehead atoms. The van der Waals surface area contributed by atoms with E-state index < -0.39 is 0 Å². The molecule has 3 heterocycles. The van der Waals surface area contributed by atoms with Crippen LogP contribution in [0.5, 0.6) is 0 Å². The van der Waals surface area contributed by atoms with Gasteiger partial charge < -0.3 is 14.6 Å². The molecule has 29 heavy (non-hydrogen) atoms. The van der Waals surface area contributed by atoms with E-state index in [1.165, 1.54) is 0 Å². The lowest BCUT2D eigenvalue weighted by molar-refractivity contribution is 0.184. The highest BCUT2D eigenvalue weighted by Gasteiger charge is 2.32.